The van der Waals surface area contributed by atoms with Crippen molar-refractivity contribution in [2.45, 2.75) is 0 Å². The van der Waals surface area contributed by atoms with Crippen molar-refractivity contribution in [3.8, 4) is 11.5 Å². The van der Waals surface area contributed by atoms with Crippen LogP contribution in [0.4, 0.5) is 6.01 Å². The Hall–Kier alpha value is -2.38. The van der Waals surface area contributed by atoms with Gasteiger partial charge in [0, 0.05) is 21.7 Å². The van der Waals surface area contributed by atoms with Gasteiger partial charge in [-0.1, -0.05) is 33.5 Å². The van der Waals surface area contributed by atoms with Gasteiger partial charge in [0.2, 0.25) is 11.7 Å². The van der Waals surface area contributed by atoms with Gasteiger partial charge in [-0.3, -0.25) is 10.1 Å². The molecular weight excluding hydrogens is 319 g/mol. The summed E-state index contributed by atoms with van der Waals surface area (Å²) in [4.78, 5) is 11.7. The summed E-state index contributed by atoms with van der Waals surface area (Å²) in [5.41, 5.74) is 0.542. The predicted octanol–water partition coefficient (Wildman–Crippen LogP) is 3.28. The number of anilines is 1. The molecule has 1 N–H and O–H groups in total. The molecule has 0 aliphatic heterocycles. The quantitative estimate of drug-likeness (QED) is 0.794. The Morgan fingerprint density at radius 2 is 1.90 bits per heavy atom. The van der Waals surface area contributed by atoms with E-state index in [9.17, 15) is 4.79 Å². The van der Waals surface area contributed by atoms with E-state index < -0.39 is 5.91 Å². The number of nitrogens with zero attached hydrogens (tertiary/aromatic N) is 3. The van der Waals surface area contributed by atoms with Gasteiger partial charge in [0.05, 0.1) is 6.20 Å². The second-order valence-corrected chi connectivity index (χ2v) is 4.77. The van der Waals surface area contributed by atoms with Gasteiger partial charge in [-0.05, 0) is 18.2 Å². The van der Waals surface area contributed by atoms with Gasteiger partial charge in [-0.25, -0.2) is 0 Å². The van der Waals surface area contributed by atoms with E-state index in [4.69, 9.17) is 32.1 Å². The zero-order valence-electron chi connectivity index (χ0n) is 10.2. The van der Waals surface area contributed by atoms with E-state index in [2.05, 4.69) is 20.7 Å². The number of aromatic nitrogens is 3. The van der Waals surface area contributed by atoms with Gasteiger partial charge in [-0.2, -0.15) is 0 Å². The highest BCUT2D eigenvalue weighted by molar-refractivity contribution is 6.35. The molecule has 1 amide bonds. The Morgan fingerprint density at radius 1 is 1.14 bits per heavy atom. The number of hydrogen-bond acceptors (Lipinski definition) is 6. The van der Waals surface area contributed by atoms with Crippen LogP contribution in [0.3, 0.4) is 0 Å². The van der Waals surface area contributed by atoms with E-state index in [1.165, 1.54) is 12.3 Å². The average molecular weight is 325 g/mol. The van der Waals surface area contributed by atoms with E-state index in [1.54, 1.807) is 18.2 Å². The van der Waals surface area contributed by atoms with Crippen LogP contribution in [0.2, 0.25) is 10.0 Å². The standard InChI is InChI=1S/C12H6Cl2N4O3/c13-7-3-6(4-8(14)5-7)11-17-18-12(20-11)16-10(19)9-1-2-15-21-9/h1-5H,(H,16,18,19). The lowest BCUT2D eigenvalue weighted by atomic mass is 10.2. The van der Waals surface area contributed by atoms with E-state index in [0.29, 0.717) is 15.6 Å². The van der Waals surface area contributed by atoms with Crippen LogP contribution in [0.25, 0.3) is 11.5 Å². The summed E-state index contributed by atoms with van der Waals surface area (Å²) < 4.78 is 10.0. The fourth-order valence-electron chi connectivity index (χ4n) is 1.56. The summed E-state index contributed by atoms with van der Waals surface area (Å²) in [7, 11) is 0. The summed E-state index contributed by atoms with van der Waals surface area (Å²) >= 11 is 11.8. The van der Waals surface area contributed by atoms with E-state index in [-0.39, 0.29) is 17.7 Å². The number of carbonyl (C=O) groups excluding carboxylic acids is 1. The molecular formula is C12H6Cl2N4O3. The number of rotatable bonds is 3. The molecule has 0 aliphatic rings. The van der Waals surface area contributed by atoms with Crippen LogP contribution in [-0.4, -0.2) is 21.3 Å². The normalized spacial score (nSPS) is 10.6. The van der Waals surface area contributed by atoms with E-state index in [1.807, 2.05) is 0 Å². The van der Waals surface area contributed by atoms with Gasteiger partial charge in [0.1, 0.15) is 0 Å². The number of nitrogens with one attached hydrogen (secondary N) is 1. The largest absolute Gasteiger partial charge is 0.403 e. The maximum absolute atomic E-state index is 11.7. The minimum atomic E-state index is -0.549. The topological polar surface area (TPSA) is 94.1 Å². The molecule has 0 saturated carbocycles. The molecule has 0 saturated heterocycles. The molecule has 3 rings (SSSR count). The molecule has 3 aromatic rings. The lowest BCUT2D eigenvalue weighted by molar-refractivity contribution is 0.0985. The number of carbonyl (C=O) groups is 1. The maximum Gasteiger partial charge on any atom is 0.322 e. The van der Waals surface area contributed by atoms with Crippen molar-refractivity contribution in [2.24, 2.45) is 0 Å². The molecule has 0 spiro atoms. The van der Waals surface area contributed by atoms with Crippen molar-refractivity contribution < 1.29 is 13.7 Å². The third kappa shape index (κ3) is 3.04. The predicted molar refractivity (Wildman–Crippen MR) is 74.2 cm³/mol. The van der Waals surface area contributed by atoms with Crippen LogP contribution in [0.15, 0.2) is 39.4 Å². The molecule has 7 nitrogen and oxygen atoms in total. The Labute approximate surface area is 127 Å². The SMILES string of the molecule is O=C(Nc1nnc(-c2cc(Cl)cc(Cl)c2)o1)c1ccno1. The van der Waals surface area contributed by atoms with Crippen molar-refractivity contribution in [3.63, 3.8) is 0 Å². The molecule has 9 heteroatoms. The molecule has 0 aliphatic carbocycles. The zero-order valence-corrected chi connectivity index (χ0v) is 11.7. The van der Waals surface area contributed by atoms with Crippen LogP contribution in [0.5, 0.6) is 0 Å². The van der Waals surface area contributed by atoms with Gasteiger partial charge < -0.3 is 8.94 Å². The van der Waals surface area contributed by atoms with E-state index in [0.717, 1.165) is 0 Å². The first kappa shape index (κ1) is 13.6. The fraction of sp³-hybridized carbons (Fsp3) is 0. The van der Waals surface area contributed by atoms with Crippen LogP contribution >= 0.6 is 23.2 Å². The third-order valence-corrected chi connectivity index (χ3v) is 2.85. The van der Waals surface area contributed by atoms with Crippen molar-refractivity contribution in [1.29, 1.82) is 0 Å². The molecule has 0 radical (unpaired) electrons. The van der Waals surface area contributed by atoms with Crippen molar-refractivity contribution in [2.75, 3.05) is 5.32 Å². The molecule has 0 unspecified atom stereocenters. The Bertz CT molecular complexity index is 765. The molecule has 0 bridgehead atoms. The van der Waals surface area contributed by atoms with Gasteiger partial charge in [0.25, 0.3) is 5.91 Å². The van der Waals surface area contributed by atoms with Crippen molar-refractivity contribution in [1.82, 2.24) is 15.4 Å². The summed E-state index contributed by atoms with van der Waals surface area (Å²) in [6, 6.07) is 6.13. The Balaban J connectivity index is 1.81. The highest BCUT2D eigenvalue weighted by Crippen LogP contribution is 2.27. The Kier molecular flexibility index (Phi) is 3.59. The number of hydrogen-bond donors (Lipinski definition) is 1. The lowest BCUT2D eigenvalue weighted by Gasteiger charge is -1.98. The molecule has 2 aromatic heterocycles. The number of benzene rings is 1. The van der Waals surface area contributed by atoms with Crippen molar-refractivity contribution >= 4 is 35.1 Å². The van der Waals surface area contributed by atoms with Crippen LogP contribution in [0.1, 0.15) is 10.6 Å². The lowest BCUT2D eigenvalue weighted by Crippen LogP contribution is -2.11. The fourth-order valence-corrected chi connectivity index (χ4v) is 2.09. The Morgan fingerprint density at radius 3 is 2.57 bits per heavy atom. The second kappa shape index (κ2) is 5.55. The van der Waals surface area contributed by atoms with Gasteiger partial charge >= 0.3 is 6.01 Å². The highest BCUT2D eigenvalue weighted by Gasteiger charge is 2.15. The smallest absolute Gasteiger partial charge is 0.322 e. The summed E-state index contributed by atoms with van der Waals surface area (Å²) in [5, 5.41) is 14.2. The van der Waals surface area contributed by atoms with Gasteiger partial charge in [-0.15, -0.1) is 5.10 Å². The first-order chi connectivity index (χ1) is 10.1. The first-order valence-electron chi connectivity index (χ1n) is 5.64. The highest BCUT2D eigenvalue weighted by atomic mass is 35.5. The molecule has 21 heavy (non-hydrogen) atoms. The molecule has 2 heterocycles. The summed E-state index contributed by atoms with van der Waals surface area (Å²) in [5.74, 6) is -0.348. The summed E-state index contributed by atoms with van der Waals surface area (Å²) in [6.07, 6.45) is 1.35. The second-order valence-electron chi connectivity index (χ2n) is 3.90. The summed E-state index contributed by atoms with van der Waals surface area (Å²) in [6.45, 7) is 0. The molecule has 0 fully saturated rings. The average Bonchev–Trinajstić information content (AvgIpc) is 3.08. The maximum atomic E-state index is 11.7. The zero-order chi connectivity index (χ0) is 14.8. The minimum Gasteiger partial charge on any atom is -0.403 e. The minimum absolute atomic E-state index is 0.0283. The molecule has 1 aromatic carbocycles. The van der Waals surface area contributed by atoms with Crippen LogP contribution < -0.4 is 5.32 Å². The number of amides is 1. The third-order valence-electron chi connectivity index (χ3n) is 2.42. The van der Waals surface area contributed by atoms with E-state index >= 15 is 0 Å². The van der Waals surface area contributed by atoms with Crippen LogP contribution in [-0.2, 0) is 0 Å². The van der Waals surface area contributed by atoms with Gasteiger partial charge in [0.15, 0.2) is 0 Å². The molecule has 106 valence electrons. The monoisotopic (exact) mass is 324 g/mol. The van der Waals surface area contributed by atoms with Crippen LogP contribution in [0, 0.1) is 0 Å². The van der Waals surface area contributed by atoms with Crippen molar-refractivity contribution in [3.05, 3.63) is 46.3 Å². The number of halogens is 2. The first-order valence-corrected chi connectivity index (χ1v) is 6.39. The molecule has 0 atom stereocenters.